The number of rotatable bonds is 3. The van der Waals surface area contributed by atoms with Gasteiger partial charge in [-0.25, -0.2) is 4.39 Å². The van der Waals surface area contributed by atoms with Gasteiger partial charge >= 0.3 is 0 Å². The van der Waals surface area contributed by atoms with Crippen LogP contribution in [0.1, 0.15) is 11.1 Å². The number of hydrogen-bond acceptors (Lipinski definition) is 3. The van der Waals surface area contributed by atoms with Crippen LogP contribution < -0.4 is 10.5 Å². The van der Waals surface area contributed by atoms with Crippen molar-refractivity contribution in [2.75, 3.05) is 6.61 Å². The molecule has 2 aromatic carbocycles. The summed E-state index contributed by atoms with van der Waals surface area (Å²) in [5.74, 6) is 0.537. The second kappa shape index (κ2) is 5.23. The summed E-state index contributed by atoms with van der Waals surface area (Å²) in [4.78, 5) is 0. The van der Waals surface area contributed by atoms with Crippen molar-refractivity contribution in [3.05, 3.63) is 53.3 Å². The summed E-state index contributed by atoms with van der Waals surface area (Å²) in [6.45, 7) is 0.193. The van der Waals surface area contributed by atoms with E-state index in [1.54, 1.807) is 12.1 Å². The Kier molecular flexibility index (Phi) is 3.42. The highest BCUT2D eigenvalue weighted by atomic mass is 19.1. The molecule has 3 N–H and O–H groups in total. The van der Waals surface area contributed by atoms with Crippen LogP contribution in [0.25, 0.3) is 11.1 Å². The van der Waals surface area contributed by atoms with Crippen molar-refractivity contribution >= 4 is 0 Å². The van der Waals surface area contributed by atoms with Crippen LogP contribution in [-0.4, -0.2) is 17.8 Å². The maximum atomic E-state index is 13.5. The molecule has 0 aromatic heterocycles. The minimum atomic E-state index is -0.277. The van der Waals surface area contributed by atoms with Crippen molar-refractivity contribution in [2.45, 2.75) is 19.1 Å². The molecule has 1 aliphatic heterocycles. The summed E-state index contributed by atoms with van der Waals surface area (Å²) in [7, 11) is 0. The Morgan fingerprint density at radius 3 is 2.70 bits per heavy atom. The molecule has 4 heteroatoms. The molecule has 0 spiro atoms. The largest absolute Gasteiger partial charge is 0.487 e. The fourth-order valence-electron chi connectivity index (χ4n) is 2.51. The van der Waals surface area contributed by atoms with E-state index in [9.17, 15) is 4.39 Å². The molecule has 0 aliphatic carbocycles. The van der Waals surface area contributed by atoms with Gasteiger partial charge in [0.05, 0.1) is 6.61 Å². The number of nitrogens with two attached hydrogens (primary N) is 1. The van der Waals surface area contributed by atoms with Crippen molar-refractivity contribution in [1.29, 1.82) is 0 Å². The molecule has 0 bridgehead atoms. The Morgan fingerprint density at radius 1 is 1.20 bits per heavy atom. The molecule has 104 valence electrons. The smallest absolute Gasteiger partial charge is 0.127 e. The van der Waals surface area contributed by atoms with Gasteiger partial charge in [0.15, 0.2) is 0 Å². The van der Waals surface area contributed by atoms with Crippen molar-refractivity contribution in [2.24, 2.45) is 5.73 Å². The zero-order chi connectivity index (χ0) is 14.1. The first-order valence-corrected chi connectivity index (χ1v) is 6.60. The lowest BCUT2D eigenvalue weighted by molar-refractivity contribution is 0.134. The average molecular weight is 273 g/mol. The van der Waals surface area contributed by atoms with E-state index < -0.39 is 0 Å². The second-order valence-corrected chi connectivity index (χ2v) is 4.96. The van der Waals surface area contributed by atoms with Gasteiger partial charge in [-0.1, -0.05) is 12.1 Å². The molecule has 1 atom stereocenters. The molecular weight excluding hydrogens is 257 g/mol. The van der Waals surface area contributed by atoms with Gasteiger partial charge in [0, 0.05) is 18.5 Å². The number of aliphatic hydroxyl groups is 1. The molecule has 0 saturated heterocycles. The topological polar surface area (TPSA) is 55.5 Å². The van der Waals surface area contributed by atoms with Gasteiger partial charge in [0.25, 0.3) is 0 Å². The van der Waals surface area contributed by atoms with Crippen molar-refractivity contribution in [1.82, 2.24) is 0 Å². The van der Waals surface area contributed by atoms with Gasteiger partial charge in [-0.05, 0) is 41.0 Å². The van der Waals surface area contributed by atoms with Crippen molar-refractivity contribution in [3.63, 3.8) is 0 Å². The number of ether oxygens (including phenoxy) is 1. The summed E-state index contributed by atoms with van der Waals surface area (Å²) in [5, 5.41) is 9.14. The van der Waals surface area contributed by atoms with E-state index in [1.165, 1.54) is 6.07 Å². The van der Waals surface area contributed by atoms with Gasteiger partial charge in [0.1, 0.15) is 17.7 Å². The first kappa shape index (κ1) is 13.1. The Bertz CT molecular complexity index is 642. The number of benzene rings is 2. The van der Waals surface area contributed by atoms with Crippen LogP contribution in [0.2, 0.25) is 0 Å². The van der Waals surface area contributed by atoms with E-state index in [2.05, 4.69) is 0 Å². The molecule has 0 fully saturated rings. The molecule has 1 aliphatic rings. The first-order chi connectivity index (χ1) is 9.71. The molecule has 20 heavy (non-hydrogen) atoms. The molecule has 2 aromatic rings. The van der Waals surface area contributed by atoms with Gasteiger partial charge < -0.3 is 15.6 Å². The summed E-state index contributed by atoms with van der Waals surface area (Å²) in [6.07, 6.45) is 0.540. The summed E-state index contributed by atoms with van der Waals surface area (Å²) in [6, 6.07) is 10.8. The van der Waals surface area contributed by atoms with Crippen molar-refractivity contribution in [3.8, 4) is 16.9 Å². The zero-order valence-electron chi connectivity index (χ0n) is 11.0. The molecule has 0 radical (unpaired) electrons. The predicted molar refractivity (Wildman–Crippen MR) is 74.9 cm³/mol. The lowest BCUT2D eigenvalue weighted by Gasteiger charge is -2.07. The van der Waals surface area contributed by atoms with Crippen LogP contribution in [0.15, 0.2) is 36.4 Å². The van der Waals surface area contributed by atoms with E-state index in [0.717, 1.165) is 22.4 Å². The Hall–Kier alpha value is -1.91. The number of halogens is 1. The highest BCUT2D eigenvalue weighted by Gasteiger charge is 2.22. The maximum Gasteiger partial charge on any atom is 0.127 e. The summed E-state index contributed by atoms with van der Waals surface area (Å²) in [5.41, 5.74) is 9.05. The second-order valence-electron chi connectivity index (χ2n) is 4.96. The lowest BCUT2D eigenvalue weighted by Crippen LogP contribution is -2.17. The third-order valence-corrected chi connectivity index (χ3v) is 3.60. The monoisotopic (exact) mass is 273 g/mol. The normalized spacial score (nSPS) is 16.9. The first-order valence-electron chi connectivity index (χ1n) is 6.60. The van der Waals surface area contributed by atoms with Gasteiger partial charge in [-0.3, -0.25) is 0 Å². The molecule has 0 saturated carbocycles. The third kappa shape index (κ3) is 2.28. The van der Waals surface area contributed by atoms with Gasteiger partial charge in [0.2, 0.25) is 0 Å². The highest BCUT2D eigenvalue weighted by Crippen LogP contribution is 2.33. The standard InChI is InChI=1S/C16H16FNO2/c17-15-3-1-10(6-13(15)8-18)11-2-4-16-12(5-11)7-14(9-19)20-16/h1-6,14,19H,7-9,18H2. The third-order valence-electron chi connectivity index (χ3n) is 3.60. The van der Waals surface area contributed by atoms with E-state index >= 15 is 0 Å². The fourth-order valence-corrected chi connectivity index (χ4v) is 2.51. The fraction of sp³-hybridized carbons (Fsp3) is 0.250. The van der Waals surface area contributed by atoms with Crippen LogP contribution in [0.5, 0.6) is 5.75 Å². The molecule has 3 nitrogen and oxygen atoms in total. The SMILES string of the molecule is NCc1cc(-c2ccc3c(c2)CC(CO)O3)ccc1F. The predicted octanol–water partition coefficient (Wildman–Crippen LogP) is 2.25. The van der Waals surface area contributed by atoms with E-state index in [1.807, 2.05) is 18.2 Å². The molecule has 0 amide bonds. The van der Waals surface area contributed by atoms with Gasteiger partial charge in [-0.2, -0.15) is 0 Å². The van der Waals surface area contributed by atoms with Gasteiger partial charge in [-0.15, -0.1) is 0 Å². The van der Waals surface area contributed by atoms with Crippen LogP contribution in [-0.2, 0) is 13.0 Å². The number of fused-ring (bicyclic) bond motifs is 1. The van der Waals surface area contributed by atoms with Crippen LogP contribution in [0.3, 0.4) is 0 Å². The summed E-state index contributed by atoms with van der Waals surface area (Å²) >= 11 is 0. The van der Waals surface area contributed by atoms with Crippen LogP contribution >= 0.6 is 0 Å². The van der Waals surface area contributed by atoms with Crippen LogP contribution in [0.4, 0.5) is 4.39 Å². The average Bonchev–Trinajstić information content (AvgIpc) is 2.89. The van der Waals surface area contributed by atoms with E-state index in [0.29, 0.717) is 12.0 Å². The molecule has 1 unspecified atom stereocenters. The minimum absolute atomic E-state index is 0.0118. The molecular formula is C16H16FNO2. The Balaban J connectivity index is 1.96. The maximum absolute atomic E-state index is 13.5. The minimum Gasteiger partial charge on any atom is -0.487 e. The summed E-state index contributed by atoms with van der Waals surface area (Å²) < 4.78 is 19.1. The Morgan fingerprint density at radius 2 is 1.95 bits per heavy atom. The number of hydrogen-bond donors (Lipinski definition) is 2. The van der Waals surface area contributed by atoms with E-state index in [-0.39, 0.29) is 25.1 Å². The zero-order valence-corrected chi connectivity index (χ0v) is 11.0. The lowest BCUT2D eigenvalue weighted by atomic mass is 9.99. The number of aliphatic hydroxyl groups excluding tert-OH is 1. The van der Waals surface area contributed by atoms with Crippen molar-refractivity contribution < 1.29 is 14.2 Å². The molecule has 3 rings (SSSR count). The van der Waals surface area contributed by atoms with E-state index in [4.69, 9.17) is 15.6 Å². The highest BCUT2D eigenvalue weighted by molar-refractivity contribution is 5.67. The molecule has 1 heterocycles. The Labute approximate surface area is 116 Å². The van der Waals surface area contributed by atoms with Crippen LogP contribution in [0, 0.1) is 5.82 Å². The quantitative estimate of drug-likeness (QED) is 0.901.